The van der Waals surface area contributed by atoms with Crippen molar-refractivity contribution in [3.05, 3.63) is 61.3 Å². The number of halogens is 2. The van der Waals surface area contributed by atoms with Crippen LogP contribution in [0, 0.1) is 28.7 Å². The van der Waals surface area contributed by atoms with Crippen LogP contribution in [0.5, 0.6) is 0 Å². The smallest absolute Gasteiger partial charge is 0.285 e. The third-order valence-electron chi connectivity index (χ3n) is 2.88. The van der Waals surface area contributed by atoms with Gasteiger partial charge in [-0.3, -0.25) is 14.9 Å². The number of hydrogen-bond donors (Lipinski definition) is 1. The first-order chi connectivity index (χ1) is 9.90. The lowest BCUT2D eigenvalue weighted by atomic mass is 10.1. The van der Waals surface area contributed by atoms with Crippen molar-refractivity contribution >= 4 is 22.9 Å². The van der Waals surface area contributed by atoms with Crippen molar-refractivity contribution in [2.75, 3.05) is 0 Å². The van der Waals surface area contributed by atoms with Crippen LogP contribution in [-0.4, -0.2) is 10.8 Å². The molecule has 0 spiro atoms. The Balaban J connectivity index is 2.24. The minimum Gasteiger partial charge on any atom is -0.348 e. The molecular formula is C13H10F2N2O3S. The van der Waals surface area contributed by atoms with Crippen molar-refractivity contribution in [2.45, 2.75) is 13.5 Å². The summed E-state index contributed by atoms with van der Waals surface area (Å²) in [6.45, 7) is 2.02. The Bertz CT molecular complexity index is 715. The van der Waals surface area contributed by atoms with Gasteiger partial charge in [0.05, 0.1) is 11.0 Å². The topological polar surface area (TPSA) is 72.2 Å². The largest absolute Gasteiger partial charge is 0.348 e. The fourth-order valence-electron chi connectivity index (χ4n) is 1.71. The van der Waals surface area contributed by atoms with E-state index in [1.165, 1.54) is 11.3 Å². The SMILES string of the molecule is Cc1cscc1CNC(=O)c1cc(F)c(F)cc1[N+](=O)[O-]. The third-order valence-corrected chi connectivity index (χ3v) is 3.79. The van der Waals surface area contributed by atoms with Gasteiger partial charge in [-0.05, 0) is 34.9 Å². The van der Waals surface area contributed by atoms with Gasteiger partial charge in [0, 0.05) is 6.54 Å². The summed E-state index contributed by atoms with van der Waals surface area (Å²) in [4.78, 5) is 21.8. The van der Waals surface area contributed by atoms with Crippen molar-refractivity contribution < 1.29 is 18.5 Å². The van der Waals surface area contributed by atoms with Gasteiger partial charge in [-0.25, -0.2) is 8.78 Å². The van der Waals surface area contributed by atoms with Crippen molar-refractivity contribution in [3.63, 3.8) is 0 Å². The van der Waals surface area contributed by atoms with Crippen molar-refractivity contribution in [1.82, 2.24) is 5.32 Å². The summed E-state index contributed by atoms with van der Waals surface area (Å²) in [6.07, 6.45) is 0. The summed E-state index contributed by atoms with van der Waals surface area (Å²) < 4.78 is 26.2. The maximum absolute atomic E-state index is 13.2. The molecule has 0 saturated heterocycles. The van der Waals surface area contributed by atoms with Crippen LogP contribution in [0.3, 0.4) is 0 Å². The van der Waals surface area contributed by atoms with Crippen LogP contribution in [-0.2, 0) is 6.54 Å². The van der Waals surface area contributed by atoms with Crippen LogP contribution >= 0.6 is 11.3 Å². The van der Waals surface area contributed by atoms with Crippen LogP contribution < -0.4 is 5.32 Å². The quantitative estimate of drug-likeness (QED) is 0.696. The molecule has 1 heterocycles. The van der Waals surface area contributed by atoms with Crippen LogP contribution in [0.1, 0.15) is 21.5 Å². The average Bonchev–Trinajstić information content (AvgIpc) is 2.84. The number of amides is 1. The molecule has 0 atom stereocenters. The predicted molar refractivity (Wildman–Crippen MR) is 73.2 cm³/mol. The van der Waals surface area contributed by atoms with Crippen LogP contribution in [0.25, 0.3) is 0 Å². The van der Waals surface area contributed by atoms with Gasteiger partial charge in [0.25, 0.3) is 11.6 Å². The Morgan fingerprint density at radius 3 is 2.57 bits per heavy atom. The predicted octanol–water partition coefficient (Wildman–Crippen LogP) is 3.17. The molecule has 2 rings (SSSR count). The molecule has 5 nitrogen and oxygen atoms in total. The Labute approximate surface area is 122 Å². The molecule has 0 aliphatic rings. The molecule has 1 aromatic heterocycles. The number of benzene rings is 1. The molecule has 0 saturated carbocycles. The van der Waals surface area contributed by atoms with Crippen LogP contribution in [0.4, 0.5) is 14.5 Å². The van der Waals surface area contributed by atoms with Crippen molar-refractivity contribution in [2.24, 2.45) is 0 Å². The summed E-state index contributed by atoms with van der Waals surface area (Å²) >= 11 is 1.46. The van der Waals surface area contributed by atoms with E-state index < -0.39 is 33.7 Å². The number of carbonyl (C=O) groups excluding carboxylic acids is 1. The van der Waals surface area contributed by atoms with Crippen molar-refractivity contribution in [1.29, 1.82) is 0 Å². The Morgan fingerprint density at radius 1 is 1.33 bits per heavy atom. The zero-order chi connectivity index (χ0) is 15.6. The minimum atomic E-state index is -1.37. The van der Waals surface area contributed by atoms with E-state index in [-0.39, 0.29) is 6.54 Å². The van der Waals surface area contributed by atoms with Gasteiger partial charge in [-0.1, -0.05) is 0 Å². The second-order valence-corrected chi connectivity index (χ2v) is 5.05. The maximum atomic E-state index is 13.2. The van der Waals surface area contributed by atoms with E-state index in [1.54, 1.807) is 0 Å². The first-order valence-corrected chi connectivity index (χ1v) is 6.77. The normalized spacial score (nSPS) is 10.4. The summed E-state index contributed by atoms with van der Waals surface area (Å²) in [5.74, 6) is -3.50. The highest BCUT2D eigenvalue weighted by Crippen LogP contribution is 2.22. The lowest BCUT2D eigenvalue weighted by Gasteiger charge is -2.06. The number of nitrogens with zero attached hydrogens (tertiary/aromatic N) is 1. The van der Waals surface area contributed by atoms with E-state index in [1.807, 2.05) is 17.7 Å². The number of rotatable bonds is 4. The second-order valence-electron chi connectivity index (χ2n) is 4.30. The summed E-state index contributed by atoms with van der Waals surface area (Å²) in [6, 6.07) is 0.934. The Kier molecular flexibility index (Phi) is 4.27. The molecule has 8 heteroatoms. The zero-order valence-electron chi connectivity index (χ0n) is 10.9. The zero-order valence-corrected chi connectivity index (χ0v) is 11.7. The molecule has 1 aromatic carbocycles. The van der Waals surface area contributed by atoms with Gasteiger partial charge in [0.2, 0.25) is 0 Å². The summed E-state index contributed by atoms with van der Waals surface area (Å²) in [5.41, 5.74) is 0.555. The standard InChI is InChI=1S/C13H10F2N2O3S/c1-7-5-21-6-8(7)4-16-13(18)9-2-10(14)11(15)3-12(9)17(19)20/h2-3,5-6H,4H2,1H3,(H,16,18). The van der Waals surface area contributed by atoms with E-state index >= 15 is 0 Å². The van der Waals surface area contributed by atoms with E-state index in [4.69, 9.17) is 0 Å². The number of carbonyl (C=O) groups is 1. The molecule has 0 fully saturated rings. The highest BCUT2D eigenvalue weighted by atomic mass is 32.1. The molecule has 2 aromatic rings. The Hall–Kier alpha value is -2.35. The average molecular weight is 312 g/mol. The van der Waals surface area contributed by atoms with E-state index in [2.05, 4.69) is 5.32 Å². The van der Waals surface area contributed by atoms with Gasteiger partial charge in [-0.15, -0.1) is 0 Å². The molecule has 1 amide bonds. The molecular weight excluding hydrogens is 302 g/mol. The van der Waals surface area contributed by atoms with Gasteiger partial charge in [-0.2, -0.15) is 11.3 Å². The van der Waals surface area contributed by atoms with E-state index in [0.29, 0.717) is 12.1 Å². The second kappa shape index (κ2) is 5.96. The molecule has 0 radical (unpaired) electrons. The molecule has 21 heavy (non-hydrogen) atoms. The highest BCUT2D eigenvalue weighted by Gasteiger charge is 2.23. The number of nitro benzene ring substituents is 1. The summed E-state index contributed by atoms with van der Waals surface area (Å²) in [5, 5.41) is 17.0. The number of hydrogen-bond acceptors (Lipinski definition) is 4. The van der Waals surface area contributed by atoms with E-state index in [0.717, 1.165) is 11.1 Å². The van der Waals surface area contributed by atoms with Crippen LogP contribution in [0.15, 0.2) is 22.9 Å². The van der Waals surface area contributed by atoms with Crippen molar-refractivity contribution in [3.8, 4) is 0 Å². The lowest BCUT2D eigenvalue weighted by molar-refractivity contribution is -0.385. The van der Waals surface area contributed by atoms with E-state index in [9.17, 15) is 23.7 Å². The highest BCUT2D eigenvalue weighted by molar-refractivity contribution is 7.08. The number of aryl methyl sites for hydroxylation is 1. The molecule has 0 aliphatic carbocycles. The molecule has 0 bridgehead atoms. The number of nitro groups is 1. The summed E-state index contributed by atoms with van der Waals surface area (Å²) in [7, 11) is 0. The molecule has 110 valence electrons. The first kappa shape index (κ1) is 15.0. The number of nitrogens with one attached hydrogen (secondary N) is 1. The maximum Gasteiger partial charge on any atom is 0.285 e. The lowest BCUT2D eigenvalue weighted by Crippen LogP contribution is -2.24. The minimum absolute atomic E-state index is 0.157. The van der Waals surface area contributed by atoms with Gasteiger partial charge >= 0.3 is 0 Å². The molecule has 1 N–H and O–H groups in total. The first-order valence-electron chi connectivity index (χ1n) is 5.83. The third kappa shape index (κ3) is 3.22. The number of thiophene rings is 1. The van der Waals surface area contributed by atoms with Crippen LogP contribution in [0.2, 0.25) is 0 Å². The van der Waals surface area contributed by atoms with Gasteiger partial charge in [0.1, 0.15) is 5.56 Å². The molecule has 0 aliphatic heterocycles. The Morgan fingerprint density at radius 2 is 2.00 bits per heavy atom. The van der Waals surface area contributed by atoms with Gasteiger partial charge in [0.15, 0.2) is 11.6 Å². The monoisotopic (exact) mass is 312 g/mol. The fraction of sp³-hybridized carbons (Fsp3) is 0.154. The fourth-order valence-corrected chi connectivity index (χ4v) is 2.56. The molecule has 0 unspecified atom stereocenters. The van der Waals surface area contributed by atoms with Gasteiger partial charge < -0.3 is 5.32 Å².